The Labute approximate surface area is 137 Å². The molecule has 1 atom stereocenters. The second-order valence-corrected chi connectivity index (χ2v) is 5.33. The molecule has 0 radical (unpaired) electrons. The minimum atomic E-state index is -4.50. The van der Waals surface area contributed by atoms with E-state index in [0.717, 1.165) is 12.5 Å². The molecule has 0 saturated carbocycles. The van der Waals surface area contributed by atoms with Crippen LogP contribution in [-0.4, -0.2) is 11.1 Å². The third-order valence-electron chi connectivity index (χ3n) is 3.09. The average Bonchev–Trinajstić information content (AvgIpc) is 2.50. The normalized spacial score (nSPS) is 12.8. The predicted octanol–water partition coefficient (Wildman–Crippen LogP) is 5.72. The molecule has 0 aliphatic carbocycles. The van der Waals surface area contributed by atoms with Gasteiger partial charge in [-0.15, -0.1) is 0 Å². The summed E-state index contributed by atoms with van der Waals surface area (Å²) in [5, 5.41) is -0.209. The van der Waals surface area contributed by atoms with Crippen molar-refractivity contribution in [3.8, 4) is 17.4 Å². The van der Waals surface area contributed by atoms with Gasteiger partial charge in [0.25, 0.3) is 0 Å². The van der Waals surface area contributed by atoms with E-state index >= 15 is 0 Å². The third-order valence-corrected chi connectivity index (χ3v) is 3.36. The van der Waals surface area contributed by atoms with E-state index in [0.29, 0.717) is 17.7 Å². The first-order valence-corrected chi connectivity index (χ1v) is 7.34. The van der Waals surface area contributed by atoms with Gasteiger partial charge in [-0.25, -0.2) is 4.98 Å². The fourth-order valence-electron chi connectivity index (χ4n) is 1.67. The van der Waals surface area contributed by atoms with Crippen LogP contribution in [0.2, 0.25) is 5.02 Å². The molecule has 2 rings (SSSR count). The van der Waals surface area contributed by atoms with Gasteiger partial charge in [-0.1, -0.05) is 18.5 Å². The lowest BCUT2D eigenvalue weighted by Gasteiger charge is -2.13. The summed E-state index contributed by atoms with van der Waals surface area (Å²) in [7, 11) is 0. The van der Waals surface area contributed by atoms with E-state index in [1.807, 2.05) is 13.8 Å². The number of halogens is 4. The number of nitrogens with zero attached hydrogens (tertiary/aromatic N) is 1. The second kappa shape index (κ2) is 7.08. The molecule has 0 bridgehead atoms. The number of alkyl halides is 3. The van der Waals surface area contributed by atoms with Crippen LogP contribution < -0.4 is 9.47 Å². The summed E-state index contributed by atoms with van der Waals surface area (Å²) < 4.78 is 48.7. The van der Waals surface area contributed by atoms with E-state index in [4.69, 9.17) is 21.1 Å². The van der Waals surface area contributed by atoms with Crippen LogP contribution in [0.15, 0.2) is 36.5 Å². The highest BCUT2D eigenvalue weighted by Crippen LogP contribution is 2.34. The lowest BCUT2D eigenvalue weighted by atomic mass is 10.3. The van der Waals surface area contributed by atoms with E-state index in [2.05, 4.69) is 4.98 Å². The summed E-state index contributed by atoms with van der Waals surface area (Å²) in [5.41, 5.74) is -0.924. The molecule has 0 aliphatic heterocycles. The van der Waals surface area contributed by atoms with Crippen LogP contribution in [0.3, 0.4) is 0 Å². The smallest absolute Gasteiger partial charge is 0.417 e. The number of rotatable bonds is 5. The monoisotopic (exact) mass is 345 g/mol. The Bertz CT molecular complexity index is 659. The van der Waals surface area contributed by atoms with Crippen LogP contribution in [0.4, 0.5) is 13.2 Å². The summed E-state index contributed by atoms with van der Waals surface area (Å²) in [6, 6.07) is 7.46. The molecule has 0 amide bonds. The predicted molar refractivity (Wildman–Crippen MR) is 81.1 cm³/mol. The largest absolute Gasteiger partial charge is 0.491 e. The van der Waals surface area contributed by atoms with Crippen molar-refractivity contribution < 1.29 is 22.6 Å². The van der Waals surface area contributed by atoms with Crippen molar-refractivity contribution in [2.24, 2.45) is 0 Å². The van der Waals surface area contributed by atoms with E-state index in [1.54, 1.807) is 24.3 Å². The first-order chi connectivity index (χ1) is 10.8. The van der Waals surface area contributed by atoms with Crippen molar-refractivity contribution in [2.45, 2.75) is 32.5 Å². The zero-order valence-electron chi connectivity index (χ0n) is 12.5. The molecule has 0 saturated heterocycles. The Morgan fingerprint density at radius 2 is 1.78 bits per heavy atom. The number of pyridine rings is 1. The number of hydrogen-bond acceptors (Lipinski definition) is 3. The molecule has 1 unspecified atom stereocenters. The maximum absolute atomic E-state index is 12.6. The number of hydrogen-bond donors (Lipinski definition) is 0. The minimum Gasteiger partial charge on any atom is -0.491 e. The van der Waals surface area contributed by atoms with Gasteiger partial charge in [-0.2, -0.15) is 13.2 Å². The van der Waals surface area contributed by atoms with Crippen LogP contribution >= 0.6 is 11.6 Å². The van der Waals surface area contributed by atoms with E-state index in [1.165, 1.54) is 0 Å². The second-order valence-electron chi connectivity index (χ2n) is 4.92. The van der Waals surface area contributed by atoms with Gasteiger partial charge in [-0.3, -0.25) is 0 Å². The minimum absolute atomic E-state index is 0.0877. The van der Waals surface area contributed by atoms with Gasteiger partial charge in [0.15, 0.2) is 0 Å². The summed E-state index contributed by atoms with van der Waals surface area (Å²) in [5.74, 6) is 0.990. The first kappa shape index (κ1) is 17.4. The molecule has 1 aromatic heterocycles. The molecule has 0 spiro atoms. The van der Waals surface area contributed by atoms with Crippen molar-refractivity contribution >= 4 is 11.6 Å². The summed E-state index contributed by atoms with van der Waals surface area (Å²) in [4.78, 5) is 3.62. The molecule has 7 heteroatoms. The van der Waals surface area contributed by atoms with Crippen LogP contribution in [0.25, 0.3) is 0 Å². The number of aromatic nitrogens is 1. The third kappa shape index (κ3) is 4.76. The van der Waals surface area contributed by atoms with Gasteiger partial charge in [0.2, 0.25) is 5.88 Å². The van der Waals surface area contributed by atoms with E-state index in [-0.39, 0.29) is 17.0 Å². The fourth-order valence-corrected chi connectivity index (χ4v) is 1.87. The van der Waals surface area contributed by atoms with Crippen LogP contribution in [0.1, 0.15) is 25.8 Å². The molecule has 1 aromatic carbocycles. The van der Waals surface area contributed by atoms with Gasteiger partial charge >= 0.3 is 6.18 Å². The van der Waals surface area contributed by atoms with Crippen molar-refractivity contribution in [2.75, 3.05) is 0 Å². The standard InChI is InChI=1S/C16H15ClF3NO2/c1-3-10(2)22-12-4-6-13(7-5-12)23-15-14(17)8-11(9-21-15)16(18,19)20/h4-10H,3H2,1-2H3. The highest BCUT2D eigenvalue weighted by molar-refractivity contribution is 6.31. The van der Waals surface area contributed by atoms with Gasteiger partial charge in [0.05, 0.1) is 11.7 Å². The lowest BCUT2D eigenvalue weighted by Crippen LogP contribution is -2.09. The summed E-state index contributed by atoms with van der Waals surface area (Å²) in [6.45, 7) is 3.97. The van der Waals surface area contributed by atoms with Crippen molar-refractivity contribution in [3.05, 3.63) is 47.1 Å². The SMILES string of the molecule is CCC(C)Oc1ccc(Oc2ncc(C(F)(F)F)cc2Cl)cc1. The highest BCUT2D eigenvalue weighted by atomic mass is 35.5. The maximum Gasteiger partial charge on any atom is 0.417 e. The zero-order chi connectivity index (χ0) is 17.0. The van der Waals surface area contributed by atoms with E-state index < -0.39 is 11.7 Å². The average molecular weight is 346 g/mol. The van der Waals surface area contributed by atoms with Gasteiger partial charge in [0, 0.05) is 6.20 Å². The van der Waals surface area contributed by atoms with Gasteiger partial charge in [0.1, 0.15) is 16.5 Å². The molecule has 1 heterocycles. The van der Waals surface area contributed by atoms with Crippen molar-refractivity contribution in [1.82, 2.24) is 4.98 Å². The van der Waals surface area contributed by atoms with Crippen molar-refractivity contribution in [3.63, 3.8) is 0 Å². The molecule has 3 nitrogen and oxygen atoms in total. The highest BCUT2D eigenvalue weighted by Gasteiger charge is 2.31. The molecule has 0 N–H and O–H groups in total. The molecule has 0 fully saturated rings. The van der Waals surface area contributed by atoms with Crippen LogP contribution in [0, 0.1) is 0 Å². The number of ether oxygens (including phenoxy) is 2. The number of benzene rings is 1. The van der Waals surface area contributed by atoms with E-state index in [9.17, 15) is 13.2 Å². The Balaban J connectivity index is 2.10. The Morgan fingerprint density at radius 3 is 2.30 bits per heavy atom. The lowest BCUT2D eigenvalue weighted by molar-refractivity contribution is -0.137. The van der Waals surface area contributed by atoms with Crippen molar-refractivity contribution in [1.29, 1.82) is 0 Å². The van der Waals surface area contributed by atoms with Crippen LogP contribution in [0.5, 0.6) is 17.4 Å². The quantitative estimate of drug-likeness (QED) is 0.694. The molecule has 2 aromatic rings. The summed E-state index contributed by atoms with van der Waals surface area (Å²) >= 11 is 5.79. The molecular formula is C16H15ClF3NO2. The first-order valence-electron chi connectivity index (χ1n) is 6.97. The van der Waals surface area contributed by atoms with Crippen LogP contribution in [-0.2, 0) is 6.18 Å². The zero-order valence-corrected chi connectivity index (χ0v) is 13.3. The topological polar surface area (TPSA) is 31.4 Å². The van der Waals surface area contributed by atoms with Gasteiger partial charge < -0.3 is 9.47 Å². The Morgan fingerprint density at radius 1 is 1.17 bits per heavy atom. The fraction of sp³-hybridized carbons (Fsp3) is 0.312. The van der Waals surface area contributed by atoms with Gasteiger partial charge in [-0.05, 0) is 43.7 Å². The molecule has 124 valence electrons. The Kier molecular flexibility index (Phi) is 5.36. The molecular weight excluding hydrogens is 331 g/mol. The maximum atomic E-state index is 12.6. The molecule has 23 heavy (non-hydrogen) atoms. The Hall–Kier alpha value is -1.95. The summed E-state index contributed by atoms with van der Waals surface area (Å²) in [6.07, 6.45) is -2.84. The molecule has 0 aliphatic rings.